The molecule has 3 aromatic carbocycles. The number of rotatable bonds is 6. The van der Waals surface area contributed by atoms with Crippen molar-refractivity contribution in [3.8, 4) is 11.5 Å². The Morgan fingerprint density at radius 3 is 2.19 bits per heavy atom. The normalized spacial score (nSPS) is 19.4. The van der Waals surface area contributed by atoms with Gasteiger partial charge in [0.2, 0.25) is 5.91 Å². The van der Waals surface area contributed by atoms with Crippen LogP contribution in [0.3, 0.4) is 0 Å². The maximum atomic E-state index is 13.1. The Balaban J connectivity index is 1.44. The molecule has 1 fully saturated rings. The highest BCUT2D eigenvalue weighted by molar-refractivity contribution is 5.80. The molecule has 0 aliphatic heterocycles. The molecular weight excluding hydrogens is 389 g/mol. The number of carbonyl (C=O) groups is 1. The van der Waals surface area contributed by atoms with Crippen LogP contribution in [0.2, 0.25) is 0 Å². The third-order valence-corrected chi connectivity index (χ3v) is 6.12. The second kappa shape index (κ2) is 9.78. The number of hydrogen-bond acceptors (Lipinski definition) is 2. The first-order valence-electron chi connectivity index (χ1n) is 11.0. The molecule has 1 aliphatic carbocycles. The summed E-state index contributed by atoms with van der Waals surface area (Å²) in [5.41, 5.74) is 2.28. The van der Waals surface area contributed by atoms with Gasteiger partial charge in [0.05, 0.1) is 6.04 Å². The van der Waals surface area contributed by atoms with Crippen LogP contribution < -0.4 is 10.1 Å². The van der Waals surface area contributed by atoms with Crippen LogP contribution in [-0.2, 0) is 4.79 Å². The summed E-state index contributed by atoms with van der Waals surface area (Å²) in [6.07, 6.45) is 4.14. The van der Waals surface area contributed by atoms with E-state index in [1.54, 1.807) is 12.1 Å². The summed E-state index contributed by atoms with van der Waals surface area (Å²) >= 11 is 0. The van der Waals surface area contributed by atoms with Crippen LogP contribution in [-0.4, -0.2) is 5.91 Å². The van der Waals surface area contributed by atoms with Crippen molar-refractivity contribution < 1.29 is 13.9 Å². The molecule has 0 bridgehead atoms. The Kier molecular flexibility index (Phi) is 6.66. The molecule has 0 saturated heterocycles. The predicted molar refractivity (Wildman–Crippen MR) is 121 cm³/mol. The number of carbonyl (C=O) groups excluding carboxylic acids is 1. The average molecular weight is 418 g/mol. The second-order valence-corrected chi connectivity index (χ2v) is 8.26. The second-order valence-electron chi connectivity index (χ2n) is 8.26. The zero-order chi connectivity index (χ0) is 21.6. The molecule has 31 heavy (non-hydrogen) atoms. The molecule has 0 heterocycles. The van der Waals surface area contributed by atoms with Gasteiger partial charge >= 0.3 is 0 Å². The van der Waals surface area contributed by atoms with Crippen LogP contribution >= 0.6 is 0 Å². The summed E-state index contributed by atoms with van der Waals surface area (Å²) in [6.45, 7) is 2.03. The number of benzene rings is 3. The van der Waals surface area contributed by atoms with Gasteiger partial charge in [-0.15, -0.1) is 0 Å². The molecule has 1 amide bonds. The van der Waals surface area contributed by atoms with Gasteiger partial charge in [0.25, 0.3) is 0 Å². The van der Waals surface area contributed by atoms with Crippen LogP contribution in [0.25, 0.3) is 0 Å². The van der Waals surface area contributed by atoms with Crippen molar-refractivity contribution in [2.75, 3.05) is 0 Å². The van der Waals surface area contributed by atoms with E-state index in [1.807, 2.05) is 49.4 Å². The minimum absolute atomic E-state index is 0.0113. The summed E-state index contributed by atoms with van der Waals surface area (Å²) in [5.74, 6) is 1.32. The molecule has 0 radical (unpaired) electrons. The zero-order valence-electron chi connectivity index (χ0n) is 17.8. The molecule has 2 unspecified atom stereocenters. The number of hydrogen-bond donors (Lipinski definition) is 1. The van der Waals surface area contributed by atoms with E-state index < -0.39 is 0 Å². The van der Waals surface area contributed by atoms with Crippen molar-refractivity contribution >= 4 is 5.91 Å². The standard InChI is InChI=1S/C27H28FNO2/c1-19(20-7-3-2-4-8-20)29-27(30)26-10-6-5-9-25(26)21-11-15-23(16-12-21)31-24-17-13-22(28)14-18-24/h2-4,7-8,11-19,25-26H,5-6,9-10H2,1H3,(H,29,30)/t19-,25?,26?/m0/s1. The minimum atomic E-state index is -0.286. The third-order valence-electron chi connectivity index (χ3n) is 6.12. The first-order valence-corrected chi connectivity index (χ1v) is 11.0. The average Bonchev–Trinajstić information content (AvgIpc) is 2.81. The van der Waals surface area contributed by atoms with Crippen LogP contribution in [0.5, 0.6) is 11.5 Å². The lowest BCUT2D eigenvalue weighted by Gasteiger charge is -2.32. The van der Waals surface area contributed by atoms with Gasteiger partial charge in [-0.25, -0.2) is 4.39 Å². The highest BCUT2D eigenvalue weighted by atomic mass is 19.1. The highest BCUT2D eigenvalue weighted by Crippen LogP contribution is 2.39. The van der Waals surface area contributed by atoms with Gasteiger partial charge in [-0.1, -0.05) is 55.3 Å². The quantitative estimate of drug-likeness (QED) is 0.481. The molecule has 4 heteroatoms. The van der Waals surface area contributed by atoms with Gasteiger partial charge in [0.15, 0.2) is 0 Å². The van der Waals surface area contributed by atoms with E-state index in [9.17, 15) is 9.18 Å². The van der Waals surface area contributed by atoms with Gasteiger partial charge in [0, 0.05) is 5.92 Å². The molecule has 0 spiro atoms. The van der Waals surface area contributed by atoms with E-state index in [0.29, 0.717) is 11.5 Å². The first kappa shape index (κ1) is 21.1. The Morgan fingerprint density at radius 1 is 0.903 bits per heavy atom. The van der Waals surface area contributed by atoms with Crippen LogP contribution in [0, 0.1) is 11.7 Å². The fourth-order valence-corrected chi connectivity index (χ4v) is 4.41. The molecule has 4 rings (SSSR count). The third kappa shape index (κ3) is 5.32. The lowest BCUT2D eigenvalue weighted by Crippen LogP contribution is -2.37. The van der Waals surface area contributed by atoms with E-state index in [4.69, 9.17) is 4.74 Å². The maximum absolute atomic E-state index is 13.1. The molecule has 160 valence electrons. The molecule has 1 aliphatic rings. The number of ether oxygens (including phenoxy) is 1. The van der Waals surface area contributed by atoms with Crippen molar-refractivity contribution in [3.05, 3.63) is 95.8 Å². The SMILES string of the molecule is C[C@H](NC(=O)C1CCCCC1c1ccc(Oc2ccc(F)cc2)cc1)c1ccccc1. The van der Waals surface area contributed by atoms with E-state index >= 15 is 0 Å². The van der Waals surface area contributed by atoms with E-state index in [2.05, 4.69) is 17.4 Å². The molecular formula is C27H28FNO2. The van der Waals surface area contributed by atoms with Crippen molar-refractivity contribution in [2.24, 2.45) is 5.92 Å². The van der Waals surface area contributed by atoms with E-state index in [1.165, 1.54) is 17.7 Å². The Hall–Kier alpha value is -3.14. The largest absolute Gasteiger partial charge is 0.457 e. The Labute approximate surface area is 183 Å². The van der Waals surface area contributed by atoms with Crippen LogP contribution in [0.15, 0.2) is 78.9 Å². The fourth-order valence-electron chi connectivity index (χ4n) is 4.41. The molecule has 3 aromatic rings. The fraction of sp³-hybridized carbons (Fsp3) is 0.296. The summed E-state index contributed by atoms with van der Waals surface area (Å²) in [6, 6.07) is 24.0. The van der Waals surface area contributed by atoms with Crippen molar-refractivity contribution in [1.82, 2.24) is 5.32 Å². The van der Waals surface area contributed by atoms with Gasteiger partial charge in [-0.3, -0.25) is 4.79 Å². The summed E-state index contributed by atoms with van der Waals surface area (Å²) in [7, 11) is 0. The molecule has 1 N–H and O–H groups in total. The minimum Gasteiger partial charge on any atom is -0.457 e. The zero-order valence-corrected chi connectivity index (χ0v) is 17.8. The monoisotopic (exact) mass is 417 g/mol. The van der Waals surface area contributed by atoms with E-state index in [0.717, 1.165) is 31.2 Å². The van der Waals surface area contributed by atoms with Crippen molar-refractivity contribution in [2.45, 2.75) is 44.6 Å². The van der Waals surface area contributed by atoms with Gasteiger partial charge in [0.1, 0.15) is 17.3 Å². The summed E-state index contributed by atoms with van der Waals surface area (Å²) in [4.78, 5) is 13.1. The van der Waals surface area contributed by atoms with Gasteiger partial charge in [-0.2, -0.15) is 0 Å². The highest BCUT2D eigenvalue weighted by Gasteiger charge is 2.32. The lowest BCUT2D eigenvalue weighted by atomic mass is 9.75. The van der Waals surface area contributed by atoms with Gasteiger partial charge in [-0.05, 0) is 73.2 Å². The topological polar surface area (TPSA) is 38.3 Å². The Morgan fingerprint density at radius 2 is 1.52 bits per heavy atom. The predicted octanol–water partition coefficient (Wildman–Crippen LogP) is 6.77. The van der Waals surface area contributed by atoms with Crippen molar-refractivity contribution in [3.63, 3.8) is 0 Å². The molecule has 1 saturated carbocycles. The lowest BCUT2D eigenvalue weighted by molar-refractivity contribution is -0.127. The summed E-state index contributed by atoms with van der Waals surface area (Å²) in [5, 5.41) is 3.22. The maximum Gasteiger partial charge on any atom is 0.224 e. The number of amides is 1. The summed E-state index contributed by atoms with van der Waals surface area (Å²) < 4.78 is 18.9. The van der Waals surface area contributed by atoms with Crippen molar-refractivity contribution in [1.29, 1.82) is 0 Å². The smallest absolute Gasteiger partial charge is 0.224 e. The van der Waals surface area contributed by atoms with Gasteiger partial charge < -0.3 is 10.1 Å². The molecule has 0 aromatic heterocycles. The van der Waals surface area contributed by atoms with E-state index in [-0.39, 0.29) is 29.6 Å². The number of halogens is 1. The Bertz CT molecular complexity index is 986. The van der Waals surface area contributed by atoms with Crippen LogP contribution in [0.4, 0.5) is 4.39 Å². The molecule has 3 atom stereocenters. The van der Waals surface area contributed by atoms with Crippen LogP contribution in [0.1, 0.15) is 55.7 Å². The molecule has 3 nitrogen and oxygen atoms in total. The first-order chi connectivity index (χ1) is 15.1. The number of nitrogens with one attached hydrogen (secondary N) is 1.